The Hall–Kier alpha value is -5.29. The Morgan fingerprint density at radius 2 is 1.00 bits per heavy atom. The van der Waals surface area contributed by atoms with Gasteiger partial charge in [0.2, 0.25) is 0 Å². The second-order valence-electron chi connectivity index (χ2n) is 12.0. The summed E-state index contributed by atoms with van der Waals surface area (Å²) in [5.41, 5.74) is 9.72. The zero-order valence-corrected chi connectivity index (χ0v) is 27.0. The molecule has 0 aromatic heterocycles. The first-order valence-electron chi connectivity index (χ1n) is 15.8. The summed E-state index contributed by atoms with van der Waals surface area (Å²) in [5, 5.41) is 11.3. The van der Waals surface area contributed by atoms with Gasteiger partial charge in [0, 0.05) is 0 Å². The van der Waals surface area contributed by atoms with E-state index < -0.39 is 0 Å². The van der Waals surface area contributed by atoms with Crippen LogP contribution in [0, 0.1) is 0 Å². The zero-order chi connectivity index (χ0) is 31.2. The van der Waals surface area contributed by atoms with E-state index in [-0.39, 0.29) is 0 Å². The van der Waals surface area contributed by atoms with E-state index >= 15 is 0 Å². The monoisotopic (exact) mass is 604 g/mol. The number of fused-ring (bicyclic) bond motifs is 6. The predicted octanol–water partition coefficient (Wildman–Crippen LogP) is 12.5. The molecule has 8 rings (SSSR count). The molecule has 0 aliphatic carbocycles. The summed E-state index contributed by atoms with van der Waals surface area (Å²) in [7, 11) is 2.88. The molecular formula is C45H33P. The van der Waals surface area contributed by atoms with Gasteiger partial charge in [-0.15, -0.1) is 9.24 Å². The standard InChI is InChI=1S/C45H33P/c1-3-8-29-21-24-41-40(38(29)4-2)23-22-32-16-19-35(26-42(32)41)33-9-7-10-34(25-33)36-18-15-30-13-14-31-17-20-37(28-44(31)43(30)27-36)39-11-5-6-12-45(39)46/h3-28H,2,46H2,1H3/b8-3-. The molecule has 0 heterocycles. The third-order valence-corrected chi connectivity index (χ3v) is 9.79. The fraction of sp³-hybridized carbons (Fsp3) is 0.0222. The first kappa shape index (κ1) is 28.2. The fourth-order valence-electron chi connectivity index (χ4n) is 6.94. The van der Waals surface area contributed by atoms with E-state index in [9.17, 15) is 0 Å². The highest BCUT2D eigenvalue weighted by Gasteiger charge is 2.11. The molecule has 0 nitrogen and oxygen atoms in total. The van der Waals surface area contributed by atoms with Crippen molar-refractivity contribution in [3.8, 4) is 33.4 Å². The SMILES string of the molecule is C=Cc1c(/C=C\C)ccc2c1ccc1ccc(-c3cccc(-c4ccc5ccc6ccc(-c7ccccc7P)cc6c5c4)c3)cc12. The minimum absolute atomic E-state index is 1.18. The van der Waals surface area contributed by atoms with E-state index in [0.717, 1.165) is 0 Å². The summed E-state index contributed by atoms with van der Waals surface area (Å²) in [6, 6.07) is 51.4. The molecule has 1 unspecified atom stereocenters. The number of hydrogen-bond donors (Lipinski definition) is 0. The van der Waals surface area contributed by atoms with Crippen molar-refractivity contribution in [2.45, 2.75) is 6.92 Å². The molecule has 218 valence electrons. The normalized spacial score (nSPS) is 11.7. The summed E-state index contributed by atoms with van der Waals surface area (Å²) in [6.07, 6.45) is 6.22. The minimum Gasteiger partial charge on any atom is -0.105 e. The maximum atomic E-state index is 4.13. The van der Waals surface area contributed by atoms with Crippen molar-refractivity contribution in [3.63, 3.8) is 0 Å². The quantitative estimate of drug-likeness (QED) is 0.135. The van der Waals surface area contributed by atoms with Gasteiger partial charge in [0.15, 0.2) is 0 Å². The van der Waals surface area contributed by atoms with Crippen LogP contribution in [-0.2, 0) is 0 Å². The lowest BCUT2D eigenvalue weighted by molar-refractivity contribution is 1.61. The van der Waals surface area contributed by atoms with Crippen LogP contribution in [0.4, 0.5) is 0 Å². The molecular weight excluding hydrogens is 571 g/mol. The first-order chi connectivity index (χ1) is 22.6. The van der Waals surface area contributed by atoms with Crippen molar-refractivity contribution in [2.24, 2.45) is 0 Å². The van der Waals surface area contributed by atoms with E-state index in [4.69, 9.17) is 0 Å². The molecule has 0 spiro atoms. The highest BCUT2D eigenvalue weighted by atomic mass is 31.0. The third kappa shape index (κ3) is 4.83. The van der Waals surface area contributed by atoms with E-state index in [1.54, 1.807) is 0 Å². The van der Waals surface area contributed by atoms with Crippen LogP contribution in [-0.4, -0.2) is 0 Å². The van der Waals surface area contributed by atoms with Crippen LogP contribution in [0.2, 0.25) is 0 Å². The predicted molar refractivity (Wildman–Crippen MR) is 207 cm³/mol. The van der Waals surface area contributed by atoms with E-state index in [1.807, 2.05) is 6.08 Å². The Balaban J connectivity index is 1.24. The second kappa shape index (κ2) is 11.6. The number of hydrogen-bond acceptors (Lipinski definition) is 0. The molecule has 1 atom stereocenters. The van der Waals surface area contributed by atoms with Crippen molar-refractivity contribution in [3.05, 3.63) is 163 Å². The number of rotatable bonds is 5. The molecule has 0 fully saturated rings. The zero-order valence-electron chi connectivity index (χ0n) is 25.8. The third-order valence-electron chi connectivity index (χ3n) is 9.28. The number of allylic oxidation sites excluding steroid dienone is 1. The molecule has 0 bridgehead atoms. The molecule has 0 saturated heterocycles. The highest BCUT2D eigenvalue weighted by Crippen LogP contribution is 2.36. The molecule has 0 N–H and O–H groups in total. The molecule has 8 aromatic rings. The Kier molecular flexibility index (Phi) is 7.09. The maximum absolute atomic E-state index is 4.13. The van der Waals surface area contributed by atoms with E-state index in [0.29, 0.717) is 0 Å². The molecule has 8 aromatic carbocycles. The minimum atomic E-state index is 1.18. The van der Waals surface area contributed by atoms with Gasteiger partial charge in [0.05, 0.1) is 0 Å². The molecule has 0 amide bonds. The van der Waals surface area contributed by atoms with Gasteiger partial charge >= 0.3 is 0 Å². The Morgan fingerprint density at radius 3 is 1.63 bits per heavy atom. The van der Waals surface area contributed by atoms with Crippen LogP contribution >= 0.6 is 9.24 Å². The Bertz CT molecular complexity index is 2510. The topological polar surface area (TPSA) is 0 Å². The molecule has 0 aliphatic heterocycles. The molecule has 0 radical (unpaired) electrons. The molecule has 0 aliphatic rings. The van der Waals surface area contributed by atoms with Crippen LogP contribution < -0.4 is 5.30 Å². The highest BCUT2D eigenvalue weighted by molar-refractivity contribution is 7.28. The van der Waals surface area contributed by atoms with Gasteiger partial charge in [-0.25, -0.2) is 0 Å². The van der Waals surface area contributed by atoms with Gasteiger partial charge in [-0.1, -0.05) is 140 Å². The summed E-state index contributed by atoms with van der Waals surface area (Å²) < 4.78 is 0. The van der Waals surface area contributed by atoms with Gasteiger partial charge in [-0.3, -0.25) is 0 Å². The summed E-state index contributed by atoms with van der Waals surface area (Å²) in [6.45, 7) is 6.19. The largest absolute Gasteiger partial charge is 0.105 e. The summed E-state index contributed by atoms with van der Waals surface area (Å²) in [5.74, 6) is 0. The van der Waals surface area contributed by atoms with Crippen LogP contribution in [0.5, 0.6) is 0 Å². The molecule has 1 heteroatoms. The van der Waals surface area contributed by atoms with Gasteiger partial charge in [0.25, 0.3) is 0 Å². The number of benzene rings is 8. The molecule has 46 heavy (non-hydrogen) atoms. The van der Waals surface area contributed by atoms with Crippen LogP contribution in [0.15, 0.2) is 152 Å². The van der Waals surface area contributed by atoms with Crippen LogP contribution in [0.1, 0.15) is 18.1 Å². The fourth-order valence-corrected chi connectivity index (χ4v) is 7.32. The Labute approximate surface area is 272 Å². The average molecular weight is 605 g/mol. The van der Waals surface area contributed by atoms with Crippen molar-refractivity contribution < 1.29 is 0 Å². The van der Waals surface area contributed by atoms with Gasteiger partial charge in [-0.2, -0.15) is 0 Å². The Morgan fingerprint density at radius 1 is 0.478 bits per heavy atom. The van der Waals surface area contributed by atoms with Gasteiger partial charge in [-0.05, 0) is 124 Å². The second-order valence-corrected chi connectivity index (χ2v) is 12.6. The lowest BCUT2D eigenvalue weighted by atomic mass is 9.91. The first-order valence-corrected chi connectivity index (χ1v) is 16.4. The van der Waals surface area contributed by atoms with Gasteiger partial charge in [0.1, 0.15) is 0 Å². The average Bonchev–Trinajstić information content (AvgIpc) is 3.11. The van der Waals surface area contributed by atoms with Gasteiger partial charge < -0.3 is 0 Å². The van der Waals surface area contributed by atoms with Crippen molar-refractivity contribution >= 4 is 69.8 Å². The van der Waals surface area contributed by atoms with Crippen molar-refractivity contribution in [1.29, 1.82) is 0 Å². The summed E-state index contributed by atoms with van der Waals surface area (Å²) >= 11 is 0. The summed E-state index contributed by atoms with van der Waals surface area (Å²) in [4.78, 5) is 0. The van der Waals surface area contributed by atoms with E-state index in [2.05, 4.69) is 174 Å². The lowest BCUT2D eigenvalue weighted by Crippen LogP contribution is -1.95. The lowest BCUT2D eigenvalue weighted by Gasteiger charge is -2.13. The maximum Gasteiger partial charge on any atom is -0.00987 e. The van der Waals surface area contributed by atoms with E-state index in [1.165, 1.54) is 92.9 Å². The smallest absolute Gasteiger partial charge is 0.00987 e. The van der Waals surface area contributed by atoms with Crippen molar-refractivity contribution in [1.82, 2.24) is 0 Å². The van der Waals surface area contributed by atoms with Crippen molar-refractivity contribution in [2.75, 3.05) is 0 Å². The van der Waals surface area contributed by atoms with Crippen LogP contribution in [0.3, 0.4) is 0 Å². The molecule has 0 saturated carbocycles. The van der Waals surface area contributed by atoms with Crippen LogP contribution in [0.25, 0.3) is 88.6 Å².